The molecule has 0 spiro atoms. The zero-order valence-electron chi connectivity index (χ0n) is 20.3. The number of halogens is 1. The third kappa shape index (κ3) is 10.3. The van der Waals surface area contributed by atoms with Crippen molar-refractivity contribution in [2.24, 2.45) is 0 Å². The first-order valence-corrected chi connectivity index (χ1v) is 17.0. The summed E-state index contributed by atoms with van der Waals surface area (Å²) in [6.07, 6.45) is 2.28. The van der Waals surface area contributed by atoms with Crippen molar-refractivity contribution in [3.8, 4) is 23.0 Å². The SMILES string of the molecule is O=P([CH-]CCCP(=O)(Oc1ccccc1)Oc1ccccc1)(Oc1ccccc1)Oc1ccccc1.[Cl][Pd+]. The number of rotatable bonds is 13. The van der Waals surface area contributed by atoms with Crippen LogP contribution in [-0.2, 0) is 27.3 Å². The van der Waals surface area contributed by atoms with Crippen LogP contribution < -0.4 is 18.1 Å². The molecule has 0 saturated carbocycles. The molecule has 0 aliphatic heterocycles. The van der Waals surface area contributed by atoms with Gasteiger partial charge in [0.15, 0.2) is 0 Å². The number of hydrogen-bond donors (Lipinski definition) is 0. The van der Waals surface area contributed by atoms with E-state index >= 15 is 0 Å². The predicted molar refractivity (Wildman–Crippen MR) is 148 cm³/mol. The molecule has 0 aliphatic rings. The van der Waals surface area contributed by atoms with Crippen LogP contribution in [0.4, 0.5) is 0 Å². The second kappa shape index (κ2) is 15.8. The Hall–Kier alpha value is -2.51. The van der Waals surface area contributed by atoms with E-state index in [2.05, 4.69) is 27.7 Å². The van der Waals surface area contributed by atoms with Crippen molar-refractivity contribution in [3.63, 3.8) is 0 Å². The molecular formula is C28H27ClO6P2Pd. The molecule has 0 saturated heterocycles. The molecule has 4 aromatic carbocycles. The zero-order valence-corrected chi connectivity index (χ0v) is 24.4. The van der Waals surface area contributed by atoms with Crippen LogP contribution in [0.5, 0.6) is 23.0 Å². The van der Waals surface area contributed by atoms with E-state index in [1.165, 1.54) is 6.16 Å². The molecule has 0 heterocycles. The van der Waals surface area contributed by atoms with Gasteiger partial charge in [0.05, 0.1) is 6.16 Å². The molecule has 38 heavy (non-hydrogen) atoms. The molecule has 4 rings (SSSR count). The van der Waals surface area contributed by atoms with Gasteiger partial charge in [-0.3, -0.25) is 4.57 Å². The van der Waals surface area contributed by atoms with Gasteiger partial charge in [-0.2, -0.15) is 12.6 Å². The topological polar surface area (TPSA) is 71.1 Å². The van der Waals surface area contributed by atoms with Gasteiger partial charge in [0, 0.05) is 0 Å². The third-order valence-corrected chi connectivity index (χ3v) is 8.39. The van der Waals surface area contributed by atoms with E-state index in [-0.39, 0.29) is 6.16 Å². The second-order valence-electron chi connectivity index (χ2n) is 7.82. The number of para-hydroxylation sites is 4. The van der Waals surface area contributed by atoms with Crippen molar-refractivity contribution >= 4 is 24.7 Å². The maximum atomic E-state index is 13.7. The van der Waals surface area contributed by atoms with Crippen LogP contribution in [0.1, 0.15) is 12.8 Å². The summed E-state index contributed by atoms with van der Waals surface area (Å²) in [6.45, 7) is 0. The van der Waals surface area contributed by atoms with Crippen molar-refractivity contribution in [1.82, 2.24) is 0 Å². The van der Waals surface area contributed by atoms with Crippen molar-refractivity contribution in [2.75, 3.05) is 6.16 Å². The van der Waals surface area contributed by atoms with Crippen LogP contribution in [0.3, 0.4) is 0 Å². The number of hydrogen-bond acceptors (Lipinski definition) is 6. The van der Waals surface area contributed by atoms with E-state index in [0.29, 0.717) is 35.8 Å². The fourth-order valence-electron chi connectivity index (χ4n) is 3.28. The summed E-state index contributed by atoms with van der Waals surface area (Å²) < 4.78 is 50.5. The average Bonchev–Trinajstić information content (AvgIpc) is 2.94. The van der Waals surface area contributed by atoms with E-state index in [4.69, 9.17) is 18.1 Å². The molecule has 6 nitrogen and oxygen atoms in total. The Balaban J connectivity index is 0.00000195. The van der Waals surface area contributed by atoms with Gasteiger partial charge in [-0.05, 0) is 48.5 Å². The van der Waals surface area contributed by atoms with Crippen molar-refractivity contribution in [2.45, 2.75) is 12.8 Å². The Kier molecular flexibility index (Phi) is 12.5. The summed E-state index contributed by atoms with van der Waals surface area (Å²) in [6, 6.07) is 35.5. The Morgan fingerprint density at radius 1 is 0.553 bits per heavy atom. The molecule has 0 bridgehead atoms. The van der Waals surface area contributed by atoms with E-state index in [1.54, 1.807) is 97.1 Å². The van der Waals surface area contributed by atoms with Crippen LogP contribution in [0, 0.1) is 6.16 Å². The van der Waals surface area contributed by atoms with E-state index in [0.717, 1.165) is 0 Å². The van der Waals surface area contributed by atoms with E-state index in [1.807, 2.05) is 24.3 Å². The molecule has 4 aromatic rings. The summed E-state index contributed by atoms with van der Waals surface area (Å²) in [7, 11) is -2.76. The van der Waals surface area contributed by atoms with Gasteiger partial charge in [-0.25, -0.2) is 4.57 Å². The van der Waals surface area contributed by atoms with Crippen molar-refractivity contribution < 1.29 is 45.4 Å². The van der Waals surface area contributed by atoms with Gasteiger partial charge in [0.2, 0.25) is 0 Å². The Labute approximate surface area is 238 Å². The molecule has 0 atom stereocenters. The zero-order chi connectivity index (χ0) is 27.1. The fraction of sp³-hybridized carbons (Fsp3) is 0.107. The first-order valence-electron chi connectivity index (χ1n) is 11.7. The summed E-state index contributed by atoms with van der Waals surface area (Å²) in [5.74, 6) is 1.76. The Bertz CT molecular complexity index is 1100. The molecule has 0 aromatic heterocycles. The number of unbranched alkanes of at least 4 members (excludes halogenated alkanes) is 1. The second-order valence-corrected chi connectivity index (χ2v) is 11.7. The maximum absolute atomic E-state index is 13.7. The summed E-state index contributed by atoms with van der Waals surface area (Å²) in [4.78, 5) is 0. The number of benzene rings is 4. The van der Waals surface area contributed by atoms with Gasteiger partial charge in [0.1, 0.15) is 23.0 Å². The molecule has 0 aliphatic carbocycles. The fourth-order valence-corrected chi connectivity index (χ4v) is 6.47. The Morgan fingerprint density at radius 3 is 1.21 bits per heavy atom. The monoisotopic (exact) mass is 662 g/mol. The third-order valence-electron chi connectivity index (χ3n) is 4.92. The molecule has 202 valence electrons. The van der Waals surface area contributed by atoms with Crippen LogP contribution in [-0.4, -0.2) is 6.16 Å². The predicted octanol–water partition coefficient (Wildman–Crippen LogP) is 9.32. The van der Waals surface area contributed by atoms with E-state index < -0.39 is 15.2 Å². The van der Waals surface area contributed by atoms with Crippen molar-refractivity contribution in [3.05, 3.63) is 127 Å². The normalized spacial score (nSPS) is 11.0. The molecular weight excluding hydrogens is 636 g/mol. The molecule has 0 unspecified atom stereocenters. The van der Waals surface area contributed by atoms with E-state index in [9.17, 15) is 9.13 Å². The van der Waals surface area contributed by atoms with Crippen LogP contribution >= 0.6 is 24.7 Å². The average molecular weight is 663 g/mol. The van der Waals surface area contributed by atoms with Gasteiger partial charge >= 0.3 is 35.3 Å². The molecule has 0 fully saturated rings. The standard InChI is InChI=1S/C28H27O6P2.ClH.Pd/c29-35(31-25-15-5-1-6-16-25,32-26-17-7-2-8-18-26)23-13-14-24-36(30,33-27-19-9-3-10-20-27)34-28-21-11-4-12-22-28;;/h1-12,15-23H,13-14,24H2;1H;/q-1;;+2/p-1. The first-order chi connectivity index (χ1) is 18.5. The quantitative estimate of drug-likeness (QED) is 0.0615. The summed E-state index contributed by atoms with van der Waals surface area (Å²) in [5.41, 5.74) is 0. The summed E-state index contributed by atoms with van der Waals surface area (Å²) >= 11 is 2.22. The van der Waals surface area contributed by atoms with Gasteiger partial charge in [0.25, 0.3) is 7.60 Å². The minimum absolute atomic E-state index is 0.101. The summed E-state index contributed by atoms with van der Waals surface area (Å²) in [5, 5.41) is 0. The van der Waals surface area contributed by atoms with Gasteiger partial charge < -0.3 is 18.1 Å². The first kappa shape index (κ1) is 30.0. The molecule has 10 heteroatoms. The molecule has 0 N–H and O–H groups in total. The van der Waals surface area contributed by atoms with Gasteiger partial charge in [-0.1, -0.05) is 79.2 Å². The van der Waals surface area contributed by atoms with Crippen LogP contribution in [0.15, 0.2) is 121 Å². The minimum atomic E-state index is -3.67. The van der Waals surface area contributed by atoms with Crippen LogP contribution in [0.2, 0.25) is 0 Å². The molecule has 0 amide bonds. The van der Waals surface area contributed by atoms with Crippen molar-refractivity contribution in [1.29, 1.82) is 0 Å². The van der Waals surface area contributed by atoms with Crippen LogP contribution in [0.25, 0.3) is 0 Å². The molecule has 0 radical (unpaired) electrons. The van der Waals surface area contributed by atoms with Gasteiger partial charge in [-0.15, -0.1) is 0 Å². The Morgan fingerprint density at radius 2 is 0.868 bits per heavy atom.